The van der Waals surface area contributed by atoms with Crippen LogP contribution >= 0.6 is 11.6 Å². The number of hydrogen-bond donors (Lipinski definition) is 1. The Morgan fingerprint density at radius 3 is 2.79 bits per heavy atom. The quantitative estimate of drug-likeness (QED) is 0.565. The van der Waals surface area contributed by atoms with Gasteiger partial charge in [-0.3, -0.25) is 4.79 Å². The van der Waals surface area contributed by atoms with E-state index in [1.54, 1.807) is 18.2 Å². The number of carboxylic acids is 1. The van der Waals surface area contributed by atoms with E-state index in [0.717, 1.165) is 5.56 Å². The van der Waals surface area contributed by atoms with Gasteiger partial charge >= 0.3 is 5.97 Å². The van der Waals surface area contributed by atoms with E-state index in [9.17, 15) is 9.59 Å². The molecule has 0 aliphatic carbocycles. The molecule has 0 unspecified atom stereocenters. The standard InChI is InChI=1S/C21H19ClO6/c1-13-6-7-15(18(10-13)27-9-3-8-26-12-20(24)25)19-11-17(23)14-4-2-5-16(22)21(14)28-19/h2,4-7,10-11H,3,8-9,12H2,1H3,(H,24,25). The lowest BCUT2D eigenvalue weighted by atomic mass is 10.1. The van der Waals surface area contributed by atoms with Crippen LogP contribution in [-0.4, -0.2) is 30.9 Å². The maximum Gasteiger partial charge on any atom is 0.329 e. The highest BCUT2D eigenvalue weighted by atomic mass is 35.5. The molecule has 146 valence electrons. The van der Waals surface area contributed by atoms with Crippen LogP contribution in [0.2, 0.25) is 5.02 Å². The third-order valence-electron chi connectivity index (χ3n) is 4.03. The fraction of sp³-hybridized carbons (Fsp3) is 0.238. The Morgan fingerprint density at radius 2 is 2.00 bits per heavy atom. The predicted molar refractivity (Wildman–Crippen MR) is 106 cm³/mol. The first-order chi connectivity index (χ1) is 13.5. The summed E-state index contributed by atoms with van der Waals surface area (Å²) in [7, 11) is 0. The summed E-state index contributed by atoms with van der Waals surface area (Å²) in [5.74, 6) is -0.0811. The molecule has 0 saturated carbocycles. The molecule has 28 heavy (non-hydrogen) atoms. The van der Waals surface area contributed by atoms with Gasteiger partial charge in [0.25, 0.3) is 0 Å². The average Bonchev–Trinajstić information content (AvgIpc) is 2.65. The van der Waals surface area contributed by atoms with Crippen molar-refractivity contribution >= 4 is 28.5 Å². The molecule has 1 heterocycles. The molecule has 0 saturated heterocycles. The lowest BCUT2D eigenvalue weighted by Gasteiger charge is -2.13. The summed E-state index contributed by atoms with van der Waals surface area (Å²) in [5.41, 5.74) is 1.77. The Bertz CT molecular complexity index is 1060. The number of carbonyl (C=O) groups is 1. The molecular weight excluding hydrogens is 384 g/mol. The zero-order chi connectivity index (χ0) is 20.1. The second-order valence-corrected chi connectivity index (χ2v) is 6.65. The van der Waals surface area contributed by atoms with Crippen molar-refractivity contribution in [2.24, 2.45) is 0 Å². The van der Waals surface area contributed by atoms with E-state index in [1.165, 1.54) is 6.07 Å². The van der Waals surface area contributed by atoms with E-state index in [0.29, 0.717) is 46.1 Å². The van der Waals surface area contributed by atoms with Crippen molar-refractivity contribution in [3.8, 4) is 17.1 Å². The number of aliphatic carboxylic acids is 1. The third kappa shape index (κ3) is 4.71. The van der Waals surface area contributed by atoms with Crippen LogP contribution < -0.4 is 10.2 Å². The number of halogens is 1. The van der Waals surface area contributed by atoms with Crippen molar-refractivity contribution < 1.29 is 23.8 Å². The summed E-state index contributed by atoms with van der Waals surface area (Å²) < 4.78 is 16.7. The van der Waals surface area contributed by atoms with E-state index in [-0.39, 0.29) is 18.6 Å². The van der Waals surface area contributed by atoms with E-state index < -0.39 is 5.97 Å². The Kier molecular flexibility index (Phi) is 6.34. The van der Waals surface area contributed by atoms with Gasteiger partial charge in [0.05, 0.1) is 29.2 Å². The van der Waals surface area contributed by atoms with Gasteiger partial charge < -0.3 is 19.0 Å². The fourth-order valence-electron chi connectivity index (χ4n) is 2.73. The summed E-state index contributed by atoms with van der Waals surface area (Å²) in [6.45, 7) is 2.20. The Hall–Kier alpha value is -2.83. The third-order valence-corrected chi connectivity index (χ3v) is 4.32. The summed E-state index contributed by atoms with van der Waals surface area (Å²) in [4.78, 5) is 22.9. The second kappa shape index (κ2) is 8.91. The fourth-order valence-corrected chi connectivity index (χ4v) is 2.94. The highest BCUT2D eigenvalue weighted by Gasteiger charge is 2.14. The number of fused-ring (bicyclic) bond motifs is 1. The van der Waals surface area contributed by atoms with Gasteiger partial charge in [-0.05, 0) is 36.8 Å². The minimum atomic E-state index is -1.01. The van der Waals surface area contributed by atoms with Crippen molar-refractivity contribution in [2.75, 3.05) is 19.8 Å². The number of benzene rings is 2. The molecule has 0 spiro atoms. The van der Waals surface area contributed by atoms with Gasteiger partial charge in [-0.1, -0.05) is 23.7 Å². The molecule has 6 nitrogen and oxygen atoms in total. The molecule has 0 aliphatic rings. The maximum atomic E-state index is 12.5. The summed E-state index contributed by atoms with van der Waals surface area (Å²) in [6, 6.07) is 12.0. The van der Waals surface area contributed by atoms with Gasteiger partial charge in [-0.25, -0.2) is 4.79 Å². The summed E-state index contributed by atoms with van der Waals surface area (Å²) in [6.07, 6.45) is 0.522. The van der Waals surface area contributed by atoms with Gasteiger partial charge in [0.15, 0.2) is 11.0 Å². The molecule has 1 N–H and O–H groups in total. The molecule has 7 heteroatoms. The molecular formula is C21H19ClO6. The number of rotatable bonds is 8. The minimum Gasteiger partial charge on any atom is -0.493 e. The van der Waals surface area contributed by atoms with Crippen molar-refractivity contribution in [1.29, 1.82) is 0 Å². The van der Waals surface area contributed by atoms with E-state index in [2.05, 4.69) is 0 Å². The van der Waals surface area contributed by atoms with Crippen molar-refractivity contribution in [3.63, 3.8) is 0 Å². The normalized spacial score (nSPS) is 10.9. The Labute approximate surface area is 166 Å². The Balaban J connectivity index is 1.84. The van der Waals surface area contributed by atoms with Crippen LogP contribution in [-0.2, 0) is 9.53 Å². The first-order valence-corrected chi connectivity index (χ1v) is 9.09. The Morgan fingerprint density at radius 1 is 1.18 bits per heavy atom. The predicted octanol–water partition coefficient (Wildman–Crippen LogP) is 4.29. The number of carboxylic acid groups (broad SMARTS) is 1. The van der Waals surface area contributed by atoms with Crippen LogP contribution in [0.25, 0.3) is 22.3 Å². The molecule has 0 fully saturated rings. The van der Waals surface area contributed by atoms with Crippen LogP contribution in [0.1, 0.15) is 12.0 Å². The first kappa shape index (κ1) is 19.9. The molecule has 0 aliphatic heterocycles. The van der Waals surface area contributed by atoms with Crippen LogP contribution in [0.3, 0.4) is 0 Å². The molecule has 2 aromatic carbocycles. The number of ether oxygens (including phenoxy) is 2. The highest BCUT2D eigenvalue weighted by molar-refractivity contribution is 6.34. The van der Waals surface area contributed by atoms with Crippen LogP contribution in [0.4, 0.5) is 0 Å². The minimum absolute atomic E-state index is 0.188. The highest BCUT2D eigenvalue weighted by Crippen LogP contribution is 2.33. The molecule has 1 aromatic heterocycles. The maximum absolute atomic E-state index is 12.5. The molecule has 3 rings (SSSR count). The van der Waals surface area contributed by atoms with E-state index in [4.69, 9.17) is 30.6 Å². The smallest absolute Gasteiger partial charge is 0.329 e. The van der Waals surface area contributed by atoms with Crippen LogP contribution in [0.15, 0.2) is 51.7 Å². The summed E-state index contributed by atoms with van der Waals surface area (Å²) >= 11 is 6.19. The van der Waals surface area contributed by atoms with Crippen molar-refractivity contribution in [2.45, 2.75) is 13.3 Å². The zero-order valence-corrected chi connectivity index (χ0v) is 16.0. The SMILES string of the molecule is Cc1ccc(-c2cc(=O)c3cccc(Cl)c3o2)c(OCCCOCC(=O)O)c1. The molecule has 0 radical (unpaired) electrons. The lowest BCUT2D eigenvalue weighted by Crippen LogP contribution is -2.10. The van der Waals surface area contributed by atoms with Crippen LogP contribution in [0, 0.1) is 6.92 Å². The van der Waals surface area contributed by atoms with Crippen molar-refractivity contribution in [1.82, 2.24) is 0 Å². The second-order valence-electron chi connectivity index (χ2n) is 6.24. The molecule has 0 bridgehead atoms. The van der Waals surface area contributed by atoms with Gasteiger partial charge in [-0.15, -0.1) is 0 Å². The van der Waals surface area contributed by atoms with E-state index >= 15 is 0 Å². The molecule has 0 atom stereocenters. The topological polar surface area (TPSA) is 86.0 Å². The monoisotopic (exact) mass is 402 g/mol. The first-order valence-electron chi connectivity index (χ1n) is 8.71. The molecule has 0 amide bonds. The lowest BCUT2D eigenvalue weighted by molar-refractivity contribution is -0.142. The van der Waals surface area contributed by atoms with E-state index in [1.807, 2.05) is 25.1 Å². The summed E-state index contributed by atoms with van der Waals surface area (Å²) in [5, 5.41) is 9.34. The van der Waals surface area contributed by atoms with Gasteiger partial charge in [0, 0.05) is 12.5 Å². The average molecular weight is 403 g/mol. The van der Waals surface area contributed by atoms with Gasteiger partial charge in [0.1, 0.15) is 18.1 Å². The number of aryl methyl sites for hydroxylation is 1. The van der Waals surface area contributed by atoms with Gasteiger partial charge in [0.2, 0.25) is 0 Å². The van der Waals surface area contributed by atoms with Gasteiger partial charge in [-0.2, -0.15) is 0 Å². The van der Waals surface area contributed by atoms with Crippen molar-refractivity contribution in [3.05, 3.63) is 63.3 Å². The molecule has 3 aromatic rings. The largest absolute Gasteiger partial charge is 0.493 e. The number of hydrogen-bond acceptors (Lipinski definition) is 5. The number of para-hydroxylation sites is 1. The zero-order valence-electron chi connectivity index (χ0n) is 15.2. The van der Waals surface area contributed by atoms with Crippen LogP contribution in [0.5, 0.6) is 5.75 Å².